The highest BCUT2D eigenvalue weighted by molar-refractivity contribution is 7.89. The lowest BCUT2D eigenvalue weighted by Crippen LogP contribution is -2.32. The highest BCUT2D eigenvalue weighted by Crippen LogP contribution is 2.29. The van der Waals surface area contributed by atoms with Crippen LogP contribution in [0.2, 0.25) is 0 Å². The summed E-state index contributed by atoms with van der Waals surface area (Å²) in [6.07, 6.45) is 3.65. The van der Waals surface area contributed by atoms with E-state index >= 15 is 0 Å². The van der Waals surface area contributed by atoms with E-state index in [1.54, 1.807) is 0 Å². The average Bonchev–Trinajstić information content (AvgIpc) is 2.76. The number of rotatable bonds is 4. The maximum absolute atomic E-state index is 12.7. The van der Waals surface area contributed by atoms with Gasteiger partial charge in [-0.1, -0.05) is 12.8 Å². The second kappa shape index (κ2) is 6.37. The van der Waals surface area contributed by atoms with Crippen LogP contribution in [0.15, 0.2) is 23.1 Å². The molecule has 2 rings (SSSR count). The number of sulfonamides is 1. The van der Waals surface area contributed by atoms with Crippen LogP contribution in [0.25, 0.3) is 0 Å². The van der Waals surface area contributed by atoms with Crippen molar-refractivity contribution in [1.29, 1.82) is 0 Å². The molecule has 1 saturated heterocycles. The number of nitrogens with one attached hydrogen (secondary N) is 1. The summed E-state index contributed by atoms with van der Waals surface area (Å²) in [5.41, 5.74) is 2.07. The molecule has 0 spiro atoms. The lowest BCUT2D eigenvalue weighted by atomic mass is 10.2. The zero-order valence-corrected chi connectivity index (χ0v) is 12.3. The molecule has 8 nitrogen and oxygen atoms in total. The number of non-ortho nitro benzene ring substituents is 1. The van der Waals surface area contributed by atoms with Gasteiger partial charge in [0.25, 0.3) is 5.69 Å². The Bertz CT molecular complexity index is 624. The number of anilines is 1. The number of nitrogens with zero attached hydrogens (tertiary/aromatic N) is 2. The van der Waals surface area contributed by atoms with Gasteiger partial charge in [-0.15, -0.1) is 0 Å². The molecule has 0 radical (unpaired) electrons. The second-order valence-electron chi connectivity index (χ2n) is 4.90. The van der Waals surface area contributed by atoms with Gasteiger partial charge in [-0.05, 0) is 18.9 Å². The molecule has 0 aromatic heterocycles. The lowest BCUT2D eigenvalue weighted by Gasteiger charge is -2.21. The van der Waals surface area contributed by atoms with Crippen molar-refractivity contribution in [2.24, 2.45) is 5.84 Å². The van der Waals surface area contributed by atoms with E-state index in [0.717, 1.165) is 31.7 Å². The largest absolute Gasteiger partial charge is 0.323 e. The molecule has 1 aliphatic heterocycles. The zero-order valence-electron chi connectivity index (χ0n) is 11.5. The van der Waals surface area contributed by atoms with Crippen LogP contribution in [0.3, 0.4) is 0 Å². The molecule has 3 N–H and O–H groups in total. The molecular weight excluding hydrogens is 296 g/mol. The van der Waals surface area contributed by atoms with Crippen molar-refractivity contribution < 1.29 is 13.3 Å². The SMILES string of the molecule is NNc1cc([N+](=O)[O-])ccc1S(=O)(=O)N1CCCCCC1. The van der Waals surface area contributed by atoms with Gasteiger partial charge in [0.1, 0.15) is 4.90 Å². The van der Waals surface area contributed by atoms with Gasteiger partial charge in [0, 0.05) is 25.2 Å². The Labute approximate surface area is 123 Å². The molecular formula is C12H18N4O4S. The fraction of sp³-hybridized carbons (Fsp3) is 0.500. The van der Waals surface area contributed by atoms with Gasteiger partial charge in [-0.25, -0.2) is 8.42 Å². The molecule has 1 fully saturated rings. The van der Waals surface area contributed by atoms with Crippen molar-refractivity contribution in [3.8, 4) is 0 Å². The number of nitrogens with two attached hydrogens (primary N) is 1. The standard InChI is InChI=1S/C12H18N4O4S/c13-14-11-9-10(16(17)18)5-6-12(11)21(19,20)15-7-3-1-2-4-8-15/h5-6,9,14H,1-4,7-8,13H2. The quantitative estimate of drug-likeness (QED) is 0.493. The van der Waals surface area contributed by atoms with E-state index in [4.69, 9.17) is 5.84 Å². The summed E-state index contributed by atoms with van der Waals surface area (Å²) < 4.78 is 26.7. The summed E-state index contributed by atoms with van der Waals surface area (Å²) in [6.45, 7) is 0.923. The fourth-order valence-electron chi connectivity index (χ4n) is 2.39. The third kappa shape index (κ3) is 3.31. The maximum Gasteiger partial charge on any atom is 0.271 e. The fourth-order valence-corrected chi connectivity index (χ4v) is 4.04. The van der Waals surface area contributed by atoms with Crippen LogP contribution in [-0.2, 0) is 10.0 Å². The molecule has 1 aliphatic rings. The van der Waals surface area contributed by atoms with Crippen LogP contribution in [0.1, 0.15) is 25.7 Å². The maximum atomic E-state index is 12.7. The van der Waals surface area contributed by atoms with Crippen LogP contribution in [0.4, 0.5) is 11.4 Å². The van der Waals surface area contributed by atoms with Crippen LogP contribution >= 0.6 is 0 Å². The van der Waals surface area contributed by atoms with Gasteiger partial charge in [0.2, 0.25) is 10.0 Å². The van der Waals surface area contributed by atoms with Gasteiger partial charge < -0.3 is 5.43 Å². The van der Waals surface area contributed by atoms with E-state index in [1.165, 1.54) is 16.4 Å². The molecule has 116 valence electrons. The third-order valence-electron chi connectivity index (χ3n) is 3.51. The first-order valence-corrected chi connectivity index (χ1v) is 8.16. The first-order chi connectivity index (χ1) is 9.96. The van der Waals surface area contributed by atoms with Crippen LogP contribution in [0, 0.1) is 10.1 Å². The minimum Gasteiger partial charge on any atom is -0.323 e. The van der Waals surface area contributed by atoms with E-state index in [9.17, 15) is 18.5 Å². The highest BCUT2D eigenvalue weighted by atomic mass is 32.2. The molecule has 0 atom stereocenters. The van der Waals surface area contributed by atoms with E-state index in [1.807, 2.05) is 0 Å². The number of hydrogen-bond donors (Lipinski definition) is 2. The van der Waals surface area contributed by atoms with Crippen LogP contribution in [0.5, 0.6) is 0 Å². The molecule has 1 aromatic rings. The Balaban J connectivity index is 2.41. The van der Waals surface area contributed by atoms with E-state index in [-0.39, 0.29) is 16.3 Å². The predicted octanol–water partition coefficient (Wildman–Crippen LogP) is 1.45. The van der Waals surface area contributed by atoms with Crippen molar-refractivity contribution in [3.63, 3.8) is 0 Å². The Kier molecular flexibility index (Phi) is 4.76. The first-order valence-electron chi connectivity index (χ1n) is 6.72. The second-order valence-corrected chi connectivity index (χ2v) is 6.81. The van der Waals surface area contributed by atoms with Gasteiger partial charge in [-0.3, -0.25) is 16.0 Å². The summed E-state index contributed by atoms with van der Waals surface area (Å²) in [5, 5.41) is 10.8. The minimum atomic E-state index is -3.70. The van der Waals surface area contributed by atoms with E-state index in [2.05, 4.69) is 5.43 Å². The Morgan fingerprint density at radius 3 is 2.33 bits per heavy atom. The normalized spacial score (nSPS) is 17.2. The first kappa shape index (κ1) is 15.7. The summed E-state index contributed by atoms with van der Waals surface area (Å²) in [6, 6.07) is 3.53. The van der Waals surface area contributed by atoms with Crippen molar-refractivity contribution in [2.75, 3.05) is 18.5 Å². The molecule has 0 unspecified atom stereocenters. The smallest absolute Gasteiger partial charge is 0.271 e. The van der Waals surface area contributed by atoms with Crippen molar-refractivity contribution in [1.82, 2.24) is 4.31 Å². The van der Waals surface area contributed by atoms with Gasteiger partial charge >= 0.3 is 0 Å². The molecule has 0 aliphatic carbocycles. The summed E-state index contributed by atoms with van der Waals surface area (Å²) in [4.78, 5) is 10.1. The van der Waals surface area contributed by atoms with E-state index in [0.29, 0.717) is 13.1 Å². The molecule has 9 heteroatoms. The zero-order chi connectivity index (χ0) is 15.5. The topological polar surface area (TPSA) is 119 Å². The number of hydrazine groups is 1. The molecule has 0 amide bonds. The number of nitrogen functional groups attached to an aromatic ring is 1. The van der Waals surface area contributed by atoms with Gasteiger partial charge in [-0.2, -0.15) is 4.31 Å². The molecule has 0 saturated carbocycles. The van der Waals surface area contributed by atoms with Crippen molar-refractivity contribution in [3.05, 3.63) is 28.3 Å². The van der Waals surface area contributed by atoms with Crippen LogP contribution in [-0.4, -0.2) is 30.7 Å². The summed E-state index contributed by atoms with van der Waals surface area (Å²) in [5.74, 6) is 5.32. The number of hydrogen-bond acceptors (Lipinski definition) is 6. The molecule has 0 bridgehead atoms. The lowest BCUT2D eigenvalue weighted by molar-refractivity contribution is -0.384. The third-order valence-corrected chi connectivity index (χ3v) is 5.47. The molecule has 1 aromatic carbocycles. The average molecular weight is 314 g/mol. The van der Waals surface area contributed by atoms with Gasteiger partial charge in [0.05, 0.1) is 10.6 Å². The monoisotopic (exact) mass is 314 g/mol. The van der Waals surface area contributed by atoms with E-state index < -0.39 is 14.9 Å². The minimum absolute atomic E-state index is 0.0301. The highest BCUT2D eigenvalue weighted by Gasteiger charge is 2.28. The van der Waals surface area contributed by atoms with Crippen molar-refractivity contribution >= 4 is 21.4 Å². The van der Waals surface area contributed by atoms with Gasteiger partial charge in [0.15, 0.2) is 0 Å². The number of nitro groups is 1. The molecule has 21 heavy (non-hydrogen) atoms. The van der Waals surface area contributed by atoms with Crippen LogP contribution < -0.4 is 11.3 Å². The Hall–Kier alpha value is -1.71. The predicted molar refractivity (Wildman–Crippen MR) is 78.1 cm³/mol. The Morgan fingerprint density at radius 2 is 1.81 bits per heavy atom. The summed E-state index contributed by atoms with van der Waals surface area (Å²) >= 11 is 0. The number of nitro benzene ring substituents is 1. The van der Waals surface area contributed by atoms with Crippen molar-refractivity contribution in [2.45, 2.75) is 30.6 Å². The Morgan fingerprint density at radius 1 is 1.19 bits per heavy atom. The molecule has 1 heterocycles. The summed E-state index contributed by atoms with van der Waals surface area (Å²) in [7, 11) is -3.70. The number of benzene rings is 1.